The lowest BCUT2D eigenvalue weighted by atomic mass is 10.2. The van der Waals surface area contributed by atoms with E-state index in [4.69, 9.17) is 9.47 Å². The van der Waals surface area contributed by atoms with E-state index in [1.165, 1.54) is 7.11 Å². The molecule has 0 radical (unpaired) electrons. The number of hydrogen-bond donors (Lipinski definition) is 1. The van der Waals surface area contributed by atoms with Gasteiger partial charge in [0.15, 0.2) is 0 Å². The molecule has 1 aliphatic rings. The minimum Gasteiger partial charge on any atom is -0.378 e. The number of aromatic nitrogens is 2. The molecule has 2 heterocycles. The SMILES string of the molecule is COC1COCC1S(=O)(=O)NCc1cccc2nsnc12. The fourth-order valence-electron chi connectivity index (χ4n) is 2.31. The van der Waals surface area contributed by atoms with Crippen molar-refractivity contribution in [3.63, 3.8) is 0 Å². The monoisotopic (exact) mass is 329 g/mol. The number of rotatable bonds is 5. The van der Waals surface area contributed by atoms with Crippen LogP contribution in [0.2, 0.25) is 0 Å². The predicted molar refractivity (Wildman–Crippen MR) is 78.6 cm³/mol. The average Bonchev–Trinajstić information content (AvgIpc) is 3.13. The van der Waals surface area contributed by atoms with Crippen LogP contribution in [0.25, 0.3) is 11.0 Å². The van der Waals surface area contributed by atoms with Crippen molar-refractivity contribution < 1.29 is 17.9 Å². The summed E-state index contributed by atoms with van der Waals surface area (Å²) in [5, 5.41) is -0.685. The number of ether oxygens (including phenoxy) is 2. The predicted octanol–water partition coefficient (Wildman–Crippen LogP) is 0.525. The zero-order valence-corrected chi connectivity index (χ0v) is 13.0. The van der Waals surface area contributed by atoms with E-state index in [0.717, 1.165) is 28.3 Å². The molecular weight excluding hydrogens is 314 g/mol. The Bertz CT molecular complexity index is 731. The molecule has 1 N–H and O–H groups in total. The second-order valence-electron chi connectivity index (χ2n) is 4.77. The molecule has 0 bridgehead atoms. The Hall–Kier alpha value is -1.13. The lowest BCUT2D eigenvalue weighted by Gasteiger charge is -2.17. The van der Waals surface area contributed by atoms with Gasteiger partial charge in [-0.25, -0.2) is 13.1 Å². The van der Waals surface area contributed by atoms with E-state index in [1.54, 1.807) is 0 Å². The zero-order chi connectivity index (χ0) is 14.9. The Morgan fingerprint density at radius 2 is 2.29 bits per heavy atom. The normalized spacial score (nSPS) is 22.9. The summed E-state index contributed by atoms with van der Waals surface area (Å²) in [5.74, 6) is 0. The summed E-state index contributed by atoms with van der Waals surface area (Å²) in [6, 6.07) is 5.53. The molecule has 2 unspecified atom stereocenters. The van der Waals surface area contributed by atoms with E-state index in [1.807, 2.05) is 18.2 Å². The van der Waals surface area contributed by atoms with Crippen LogP contribution in [-0.2, 0) is 26.0 Å². The van der Waals surface area contributed by atoms with Gasteiger partial charge in [0.25, 0.3) is 0 Å². The van der Waals surface area contributed by atoms with Crippen molar-refractivity contribution in [3.05, 3.63) is 23.8 Å². The maximum Gasteiger partial charge on any atom is 0.219 e. The first-order chi connectivity index (χ1) is 10.1. The zero-order valence-electron chi connectivity index (χ0n) is 11.4. The summed E-state index contributed by atoms with van der Waals surface area (Å²) in [5.41, 5.74) is 2.31. The van der Waals surface area contributed by atoms with Gasteiger partial charge in [0, 0.05) is 13.7 Å². The molecule has 0 saturated carbocycles. The quantitative estimate of drug-likeness (QED) is 0.860. The summed E-state index contributed by atoms with van der Waals surface area (Å²) in [6.45, 7) is 0.627. The van der Waals surface area contributed by atoms with Gasteiger partial charge in [-0.3, -0.25) is 0 Å². The van der Waals surface area contributed by atoms with Gasteiger partial charge >= 0.3 is 0 Å². The number of sulfonamides is 1. The topological polar surface area (TPSA) is 90.4 Å². The molecule has 2 atom stereocenters. The maximum atomic E-state index is 12.3. The molecule has 1 aliphatic heterocycles. The molecule has 7 nitrogen and oxygen atoms in total. The number of nitrogens with zero attached hydrogens (tertiary/aromatic N) is 2. The fourth-order valence-corrected chi connectivity index (χ4v) is 4.32. The minimum atomic E-state index is -3.52. The van der Waals surface area contributed by atoms with Gasteiger partial charge < -0.3 is 9.47 Å². The Morgan fingerprint density at radius 3 is 3.10 bits per heavy atom. The van der Waals surface area contributed by atoms with Crippen LogP contribution in [-0.4, -0.2) is 48.8 Å². The highest BCUT2D eigenvalue weighted by molar-refractivity contribution is 7.90. The largest absolute Gasteiger partial charge is 0.378 e. The van der Waals surface area contributed by atoms with Crippen molar-refractivity contribution in [1.82, 2.24) is 13.5 Å². The third-order valence-corrected chi connectivity index (χ3v) is 5.84. The second kappa shape index (κ2) is 5.93. The smallest absolute Gasteiger partial charge is 0.219 e. The van der Waals surface area contributed by atoms with E-state index >= 15 is 0 Å². The van der Waals surface area contributed by atoms with Gasteiger partial charge in [0.05, 0.1) is 24.9 Å². The van der Waals surface area contributed by atoms with Crippen LogP contribution in [0.15, 0.2) is 18.2 Å². The molecule has 1 aromatic heterocycles. The van der Waals surface area contributed by atoms with Gasteiger partial charge in [-0.2, -0.15) is 8.75 Å². The molecule has 1 aromatic carbocycles. The molecule has 21 heavy (non-hydrogen) atoms. The third-order valence-electron chi connectivity index (χ3n) is 3.51. The first kappa shape index (κ1) is 14.8. The van der Waals surface area contributed by atoms with Gasteiger partial charge in [0.1, 0.15) is 22.4 Å². The molecule has 9 heteroatoms. The highest BCUT2D eigenvalue weighted by Crippen LogP contribution is 2.19. The minimum absolute atomic E-state index is 0.149. The second-order valence-corrected chi connectivity index (χ2v) is 7.28. The van der Waals surface area contributed by atoms with Crippen LogP contribution in [0.4, 0.5) is 0 Å². The third kappa shape index (κ3) is 2.92. The molecular formula is C12H15N3O4S2. The summed E-state index contributed by atoms with van der Waals surface area (Å²) in [4.78, 5) is 0. The van der Waals surface area contributed by atoms with Gasteiger partial charge in [-0.15, -0.1) is 0 Å². The van der Waals surface area contributed by atoms with Crippen molar-refractivity contribution in [3.8, 4) is 0 Å². The van der Waals surface area contributed by atoms with Crippen LogP contribution < -0.4 is 4.72 Å². The average molecular weight is 329 g/mol. The lowest BCUT2D eigenvalue weighted by molar-refractivity contribution is 0.0828. The van der Waals surface area contributed by atoms with Crippen LogP contribution in [0.5, 0.6) is 0 Å². The standard InChI is InChI=1S/C12H15N3O4S2/c1-18-10-6-19-7-11(10)21(16,17)13-5-8-3-2-4-9-12(8)15-20-14-9/h2-4,10-11,13H,5-7H2,1H3. The van der Waals surface area contributed by atoms with E-state index < -0.39 is 21.4 Å². The summed E-state index contributed by atoms with van der Waals surface area (Å²) >= 11 is 1.11. The highest BCUT2D eigenvalue weighted by Gasteiger charge is 2.38. The van der Waals surface area contributed by atoms with E-state index in [0.29, 0.717) is 6.61 Å². The maximum absolute atomic E-state index is 12.3. The van der Waals surface area contributed by atoms with Crippen LogP contribution in [0, 0.1) is 0 Å². The molecule has 0 amide bonds. The molecule has 1 saturated heterocycles. The lowest BCUT2D eigenvalue weighted by Crippen LogP contribution is -2.41. The van der Waals surface area contributed by atoms with Gasteiger partial charge in [-0.1, -0.05) is 12.1 Å². The van der Waals surface area contributed by atoms with Crippen LogP contribution in [0.1, 0.15) is 5.56 Å². The molecule has 3 rings (SSSR count). The number of benzene rings is 1. The Kier molecular flexibility index (Phi) is 4.18. The summed E-state index contributed by atoms with van der Waals surface area (Å²) in [7, 11) is -2.03. The van der Waals surface area contributed by atoms with Crippen molar-refractivity contribution in [2.75, 3.05) is 20.3 Å². The molecule has 2 aromatic rings. The van der Waals surface area contributed by atoms with Crippen molar-refractivity contribution in [1.29, 1.82) is 0 Å². The number of methoxy groups -OCH3 is 1. The van der Waals surface area contributed by atoms with Crippen LogP contribution >= 0.6 is 11.7 Å². The molecule has 114 valence electrons. The first-order valence-corrected chi connectivity index (χ1v) is 8.68. The summed E-state index contributed by atoms with van der Waals surface area (Å²) < 4.78 is 46.0. The number of hydrogen-bond acceptors (Lipinski definition) is 7. The summed E-state index contributed by atoms with van der Waals surface area (Å²) in [6.07, 6.45) is -0.431. The molecule has 0 spiro atoms. The Balaban J connectivity index is 1.76. The molecule has 0 aliphatic carbocycles. The van der Waals surface area contributed by atoms with Crippen molar-refractivity contribution >= 4 is 32.8 Å². The Labute approximate surface area is 126 Å². The van der Waals surface area contributed by atoms with Gasteiger partial charge in [0.2, 0.25) is 10.0 Å². The van der Waals surface area contributed by atoms with Crippen molar-refractivity contribution in [2.24, 2.45) is 0 Å². The van der Waals surface area contributed by atoms with E-state index in [9.17, 15) is 8.42 Å². The van der Waals surface area contributed by atoms with E-state index in [2.05, 4.69) is 13.5 Å². The molecule has 1 fully saturated rings. The van der Waals surface area contributed by atoms with E-state index in [-0.39, 0.29) is 13.2 Å². The number of nitrogens with one attached hydrogen (secondary N) is 1. The van der Waals surface area contributed by atoms with Crippen molar-refractivity contribution in [2.45, 2.75) is 17.9 Å². The fraction of sp³-hybridized carbons (Fsp3) is 0.500. The van der Waals surface area contributed by atoms with Gasteiger partial charge in [-0.05, 0) is 11.6 Å². The Morgan fingerprint density at radius 1 is 1.43 bits per heavy atom. The number of fused-ring (bicyclic) bond motifs is 1. The first-order valence-electron chi connectivity index (χ1n) is 6.41. The van der Waals surface area contributed by atoms with Crippen LogP contribution in [0.3, 0.4) is 0 Å². The highest BCUT2D eigenvalue weighted by atomic mass is 32.2.